The number of non-ortho nitro benzene ring substituents is 1. The molecule has 0 radical (unpaired) electrons. The highest BCUT2D eigenvalue weighted by atomic mass is 16.6. The SMILES string of the molecule is O=C(Cc1ccc([N+](=O)[O-])cc1)N/N=C/C1CC2C=CC1C2. The summed E-state index contributed by atoms with van der Waals surface area (Å²) in [5.74, 6) is 1.45. The number of hydrogen-bond donors (Lipinski definition) is 1. The summed E-state index contributed by atoms with van der Waals surface area (Å²) in [5.41, 5.74) is 3.27. The van der Waals surface area contributed by atoms with Crippen LogP contribution in [0.2, 0.25) is 0 Å². The number of benzene rings is 1. The van der Waals surface area contributed by atoms with Gasteiger partial charge in [0.15, 0.2) is 0 Å². The van der Waals surface area contributed by atoms with Gasteiger partial charge in [0.1, 0.15) is 0 Å². The molecule has 1 aromatic carbocycles. The van der Waals surface area contributed by atoms with Crippen molar-refractivity contribution in [3.05, 3.63) is 52.1 Å². The second-order valence-electron chi connectivity index (χ2n) is 5.86. The Labute approximate surface area is 128 Å². The Kier molecular flexibility index (Phi) is 4.00. The maximum absolute atomic E-state index is 11.8. The molecule has 3 unspecified atom stereocenters. The third-order valence-corrected chi connectivity index (χ3v) is 4.30. The zero-order chi connectivity index (χ0) is 15.5. The quantitative estimate of drug-likeness (QED) is 0.392. The van der Waals surface area contributed by atoms with Crippen LogP contribution in [0, 0.1) is 27.9 Å². The van der Waals surface area contributed by atoms with Gasteiger partial charge in [0.05, 0.1) is 11.3 Å². The minimum absolute atomic E-state index is 0.0199. The van der Waals surface area contributed by atoms with Gasteiger partial charge in [-0.3, -0.25) is 14.9 Å². The molecule has 3 rings (SSSR count). The molecule has 1 amide bonds. The first-order valence-electron chi connectivity index (χ1n) is 7.35. The maximum atomic E-state index is 11.8. The number of nitrogens with zero attached hydrogens (tertiary/aromatic N) is 2. The first-order valence-corrected chi connectivity index (χ1v) is 7.35. The van der Waals surface area contributed by atoms with Crippen molar-refractivity contribution < 1.29 is 9.72 Å². The van der Waals surface area contributed by atoms with E-state index in [9.17, 15) is 14.9 Å². The Morgan fingerprint density at radius 3 is 2.68 bits per heavy atom. The summed E-state index contributed by atoms with van der Waals surface area (Å²) in [4.78, 5) is 21.9. The fourth-order valence-corrected chi connectivity index (χ4v) is 3.16. The van der Waals surface area contributed by atoms with E-state index in [1.165, 1.54) is 18.6 Å². The highest BCUT2D eigenvalue weighted by Gasteiger charge is 2.34. The fourth-order valence-electron chi connectivity index (χ4n) is 3.16. The van der Waals surface area contributed by atoms with Crippen molar-refractivity contribution in [1.82, 2.24) is 5.43 Å². The molecule has 0 aromatic heterocycles. The van der Waals surface area contributed by atoms with Crippen LogP contribution in [0.3, 0.4) is 0 Å². The van der Waals surface area contributed by atoms with Crippen LogP contribution in [-0.4, -0.2) is 17.0 Å². The highest BCUT2D eigenvalue weighted by Crippen LogP contribution is 2.42. The van der Waals surface area contributed by atoms with Crippen molar-refractivity contribution in [1.29, 1.82) is 0 Å². The molecule has 3 atom stereocenters. The molecule has 1 aromatic rings. The molecule has 22 heavy (non-hydrogen) atoms. The second-order valence-corrected chi connectivity index (χ2v) is 5.86. The van der Waals surface area contributed by atoms with E-state index in [1.807, 2.05) is 6.21 Å². The number of rotatable bonds is 5. The molecule has 1 N–H and O–H groups in total. The normalized spacial score (nSPS) is 25.7. The van der Waals surface area contributed by atoms with Gasteiger partial charge in [0.2, 0.25) is 5.91 Å². The zero-order valence-corrected chi connectivity index (χ0v) is 12.0. The van der Waals surface area contributed by atoms with E-state index in [4.69, 9.17) is 0 Å². The van der Waals surface area contributed by atoms with Crippen molar-refractivity contribution >= 4 is 17.8 Å². The predicted molar refractivity (Wildman–Crippen MR) is 82.3 cm³/mol. The molecule has 0 aliphatic heterocycles. The molecule has 114 valence electrons. The van der Waals surface area contributed by atoms with Gasteiger partial charge in [-0.15, -0.1) is 0 Å². The first-order chi connectivity index (χ1) is 10.6. The van der Waals surface area contributed by atoms with Crippen LogP contribution in [0.1, 0.15) is 18.4 Å². The van der Waals surface area contributed by atoms with Gasteiger partial charge in [0, 0.05) is 24.3 Å². The molecule has 0 heterocycles. The number of hydrazone groups is 1. The number of carbonyl (C=O) groups is 1. The van der Waals surface area contributed by atoms with E-state index in [2.05, 4.69) is 22.7 Å². The summed E-state index contributed by atoms with van der Waals surface area (Å²) in [7, 11) is 0. The van der Waals surface area contributed by atoms with Crippen LogP contribution in [0.25, 0.3) is 0 Å². The second kappa shape index (κ2) is 6.09. The molecule has 1 saturated carbocycles. The van der Waals surface area contributed by atoms with Gasteiger partial charge in [-0.2, -0.15) is 5.10 Å². The number of nitro benzene ring substituents is 1. The maximum Gasteiger partial charge on any atom is 0.269 e. The molecule has 0 spiro atoms. The fraction of sp³-hybridized carbons (Fsp3) is 0.375. The van der Waals surface area contributed by atoms with Gasteiger partial charge in [-0.1, -0.05) is 24.3 Å². The summed E-state index contributed by atoms with van der Waals surface area (Å²) in [6, 6.07) is 5.96. The molecular weight excluding hydrogens is 282 g/mol. The van der Waals surface area contributed by atoms with E-state index < -0.39 is 4.92 Å². The largest absolute Gasteiger partial charge is 0.273 e. The molecule has 6 nitrogen and oxygen atoms in total. The smallest absolute Gasteiger partial charge is 0.269 e. The van der Waals surface area contributed by atoms with Gasteiger partial charge >= 0.3 is 0 Å². The van der Waals surface area contributed by atoms with Crippen LogP contribution in [0.4, 0.5) is 5.69 Å². The third kappa shape index (κ3) is 3.21. The van der Waals surface area contributed by atoms with Gasteiger partial charge in [-0.05, 0) is 30.2 Å². The molecule has 6 heteroatoms. The highest BCUT2D eigenvalue weighted by molar-refractivity contribution is 5.79. The van der Waals surface area contributed by atoms with Crippen molar-refractivity contribution in [2.24, 2.45) is 22.9 Å². The number of nitrogens with one attached hydrogen (secondary N) is 1. The Morgan fingerprint density at radius 1 is 1.32 bits per heavy atom. The Hall–Kier alpha value is -2.50. The number of nitro groups is 1. The monoisotopic (exact) mass is 299 g/mol. The molecule has 2 aliphatic carbocycles. The average Bonchev–Trinajstić information content (AvgIpc) is 3.10. The third-order valence-electron chi connectivity index (χ3n) is 4.30. The van der Waals surface area contributed by atoms with E-state index in [-0.39, 0.29) is 18.0 Å². The zero-order valence-electron chi connectivity index (χ0n) is 12.0. The first kappa shape index (κ1) is 14.4. The van der Waals surface area contributed by atoms with Crippen molar-refractivity contribution in [2.75, 3.05) is 0 Å². The van der Waals surface area contributed by atoms with Crippen LogP contribution < -0.4 is 5.43 Å². The Bertz CT molecular complexity index is 637. The van der Waals surface area contributed by atoms with E-state index in [1.54, 1.807) is 12.1 Å². The molecule has 1 fully saturated rings. The van der Waals surface area contributed by atoms with Crippen molar-refractivity contribution in [3.63, 3.8) is 0 Å². The lowest BCUT2D eigenvalue weighted by Gasteiger charge is -2.11. The molecule has 2 aliphatic rings. The van der Waals surface area contributed by atoms with E-state index in [0.717, 1.165) is 12.0 Å². The summed E-state index contributed by atoms with van der Waals surface area (Å²) in [6.45, 7) is 0. The van der Waals surface area contributed by atoms with Crippen LogP contribution in [0.5, 0.6) is 0 Å². The van der Waals surface area contributed by atoms with Crippen molar-refractivity contribution in [2.45, 2.75) is 19.3 Å². The summed E-state index contributed by atoms with van der Waals surface area (Å²) < 4.78 is 0. The number of carbonyl (C=O) groups excluding carboxylic acids is 1. The van der Waals surface area contributed by atoms with Gasteiger partial charge in [0.25, 0.3) is 5.69 Å². The lowest BCUT2D eigenvalue weighted by Crippen LogP contribution is -2.21. The standard InChI is InChI=1S/C16H17N3O3/c20-16(9-11-2-5-15(6-3-11)19(21)22)18-17-10-14-8-12-1-4-13(14)7-12/h1-6,10,12-14H,7-9H2,(H,18,20)/b17-10+. The summed E-state index contributed by atoms with van der Waals surface area (Å²) in [6.07, 6.45) is 8.82. The molecule has 0 saturated heterocycles. The number of amides is 1. The van der Waals surface area contributed by atoms with Crippen LogP contribution in [-0.2, 0) is 11.2 Å². The van der Waals surface area contributed by atoms with E-state index in [0.29, 0.717) is 17.8 Å². The minimum Gasteiger partial charge on any atom is -0.273 e. The number of hydrogen-bond acceptors (Lipinski definition) is 4. The summed E-state index contributed by atoms with van der Waals surface area (Å²) in [5, 5.41) is 14.6. The number of allylic oxidation sites excluding steroid dienone is 2. The summed E-state index contributed by atoms with van der Waals surface area (Å²) >= 11 is 0. The van der Waals surface area contributed by atoms with Crippen LogP contribution >= 0.6 is 0 Å². The Morgan fingerprint density at radius 2 is 2.09 bits per heavy atom. The lowest BCUT2D eigenvalue weighted by atomic mass is 9.95. The minimum atomic E-state index is -0.460. The molecule has 2 bridgehead atoms. The van der Waals surface area contributed by atoms with E-state index >= 15 is 0 Å². The lowest BCUT2D eigenvalue weighted by molar-refractivity contribution is -0.384. The van der Waals surface area contributed by atoms with Gasteiger partial charge in [-0.25, -0.2) is 5.43 Å². The predicted octanol–water partition coefficient (Wildman–Crippen LogP) is 2.45. The van der Waals surface area contributed by atoms with Crippen LogP contribution in [0.15, 0.2) is 41.5 Å². The molecular formula is C16H17N3O3. The average molecular weight is 299 g/mol. The topological polar surface area (TPSA) is 84.6 Å². The number of fused-ring (bicyclic) bond motifs is 2. The van der Waals surface area contributed by atoms with Crippen molar-refractivity contribution in [3.8, 4) is 0 Å². The Balaban J connectivity index is 1.48. The van der Waals surface area contributed by atoms with Gasteiger partial charge < -0.3 is 0 Å².